The lowest BCUT2D eigenvalue weighted by Crippen LogP contribution is -2.15. The van der Waals surface area contributed by atoms with E-state index in [1.54, 1.807) is 12.1 Å². The smallest absolute Gasteiger partial charge is 0.391 e. The van der Waals surface area contributed by atoms with Crippen molar-refractivity contribution < 1.29 is 18.0 Å². The van der Waals surface area contributed by atoms with Crippen molar-refractivity contribution in [2.75, 3.05) is 0 Å². The van der Waals surface area contributed by atoms with E-state index in [4.69, 9.17) is 10.6 Å². The van der Waals surface area contributed by atoms with Crippen LogP contribution in [0.15, 0.2) is 41.6 Å². The zero-order valence-electron chi connectivity index (χ0n) is 18.3. The summed E-state index contributed by atoms with van der Waals surface area (Å²) in [6.45, 7) is 4.36. The Morgan fingerprint density at radius 3 is 2.45 bits per heavy atom. The lowest BCUT2D eigenvalue weighted by atomic mass is 9.81. The van der Waals surface area contributed by atoms with Gasteiger partial charge in [0.25, 0.3) is 0 Å². The highest BCUT2D eigenvalue weighted by Gasteiger charge is 2.35. The van der Waals surface area contributed by atoms with Gasteiger partial charge in [-0.2, -0.15) is 13.2 Å². The van der Waals surface area contributed by atoms with E-state index in [2.05, 4.69) is 12.1 Å². The van der Waals surface area contributed by atoms with Gasteiger partial charge in [-0.1, -0.05) is 55.6 Å². The van der Waals surface area contributed by atoms with Gasteiger partial charge in [-0.15, -0.1) is 0 Å². The Hall–Kier alpha value is -2.34. The summed E-state index contributed by atoms with van der Waals surface area (Å²) >= 11 is 0. The maximum absolute atomic E-state index is 13.7. The van der Waals surface area contributed by atoms with Crippen molar-refractivity contribution in [2.45, 2.75) is 77.6 Å². The number of nitrogens with zero attached hydrogens (tertiary/aromatic N) is 1. The number of alkyl halides is 3. The number of aryl methyl sites for hydroxylation is 1. The summed E-state index contributed by atoms with van der Waals surface area (Å²) in [5, 5.41) is 4.13. The minimum atomic E-state index is -4.37. The van der Waals surface area contributed by atoms with Crippen LogP contribution >= 0.6 is 0 Å². The molecule has 168 valence electrons. The Morgan fingerprint density at radius 2 is 1.81 bits per heavy atom. The van der Waals surface area contributed by atoms with Crippen molar-refractivity contribution >= 4 is 5.71 Å². The van der Waals surface area contributed by atoms with Gasteiger partial charge >= 0.3 is 6.18 Å². The lowest BCUT2D eigenvalue weighted by Gasteiger charge is -2.25. The van der Waals surface area contributed by atoms with Crippen LogP contribution in [0.3, 0.4) is 0 Å². The number of rotatable bonds is 7. The molecule has 3 rings (SSSR count). The molecule has 3 nitrogen and oxygen atoms in total. The summed E-state index contributed by atoms with van der Waals surface area (Å²) in [5.41, 5.74) is 9.95. The van der Waals surface area contributed by atoms with Crippen LogP contribution in [0.2, 0.25) is 0 Å². The zero-order chi connectivity index (χ0) is 22.4. The Labute approximate surface area is 182 Å². The van der Waals surface area contributed by atoms with Crippen LogP contribution in [-0.4, -0.2) is 5.71 Å². The second-order valence-electron chi connectivity index (χ2n) is 8.25. The minimum Gasteiger partial charge on any atom is -0.391 e. The molecule has 0 unspecified atom stereocenters. The van der Waals surface area contributed by atoms with Gasteiger partial charge in [0.2, 0.25) is 0 Å². The number of hydrogen-bond acceptors (Lipinski definition) is 3. The van der Waals surface area contributed by atoms with Gasteiger partial charge in [-0.25, -0.2) is 0 Å². The topological polar surface area (TPSA) is 47.6 Å². The fraction of sp³-hybridized carbons (Fsp3) is 0.480. The third-order valence-corrected chi connectivity index (χ3v) is 6.13. The number of oxime groups is 1. The van der Waals surface area contributed by atoms with Gasteiger partial charge in [-0.3, -0.25) is 0 Å². The summed E-state index contributed by atoms with van der Waals surface area (Å²) in [6, 6.07) is 10.5. The highest BCUT2D eigenvalue weighted by Crippen LogP contribution is 2.41. The van der Waals surface area contributed by atoms with E-state index < -0.39 is 11.7 Å². The standard InChI is InChI=1S/C25H31F3N2O/c1-3-19-14-21(10-11-22(19)15-29)17(2)30-31-16-18-9-12-23(20-7-5-4-6-8-20)24(13-18)25(26,27)28/h9-14,20H,3-8,15-16,29H2,1-2H3. The summed E-state index contributed by atoms with van der Waals surface area (Å²) in [5.74, 6) is -0.00939. The predicted octanol–water partition coefficient (Wildman–Crippen LogP) is 6.72. The molecular formula is C25H31F3N2O. The van der Waals surface area contributed by atoms with Gasteiger partial charge in [-0.05, 0) is 72.1 Å². The summed E-state index contributed by atoms with van der Waals surface area (Å²) in [6.07, 6.45) is 1.23. The van der Waals surface area contributed by atoms with Crippen molar-refractivity contribution in [1.29, 1.82) is 0 Å². The first-order valence-corrected chi connectivity index (χ1v) is 11.0. The summed E-state index contributed by atoms with van der Waals surface area (Å²) in [7, 11) is 0. The molecule has 2 N–H and O–H groups in total. The molecule has 31 heavy (non-hydrogen) atoms. The summed E-state index contributed by atoms with van der Waals surface area (Å²) < 4.78 is 41.1. The van der Waals surface area contributed by atoms with Gasteiger partial charge < -0.3 is 10.6 Å². The quantitative estimate of drug-likeness (QED) is 0.390. The van der Waals surface area contributed by atoms with Gasteiger partial charge in [0, 0.05) is 6.54 Å². The molecule has 2 aromatic rings. The highest BCUT2D eigenvalue weighted by atomic mass is 19.4. The number of nitrogens with two attached hydrogens (primary N) is 1. The Balaban J connectivity index is 1.74. The Kier molecular flexibility index (Phi) is 7.76. The molecule has 0 bridgehead atoms. The molecule has 0 aliphatic heterocycles. The van der Waals surface area contributed by atoms with Crippen LogP contribution in [0, 0.1) is 0 Å². The van der Waals surface area contributed by atoms with Gasteiger partial charge in [0.05, 0.1) is 11.3 Å². The first-order valence-electron chi connectivity index (χ1n) is 11.0. The second kappa shape index (κ2) is 10.3. The third kappa shape index (κ3) is 5.88. The van der Waals surface area contributed by atoms with Crippen LogP contribution in [0.5, 0.6) is 0 Å². The number of benzene rings is 2. The Morgan fingerprint density at radius 1 is 1.06 bits per heavy atom. The first-order chi connectivity index (χ1) is 14.8. The van der Waals surface area contributed by atoms with E-state index in [1.807, 2.05) is 25.1 Å². The van der Waals surface area contributed by atoms with Crippen LogP contribution in [0.4, 0.5) is 13.2 Å². The zero-order valence-corrected chi connectivity index (χ0v) is 18.3. The largest absolute Gasteiger partial charge is 0.416 e. The summed E-state index contributed by atoms with van der Waals surface area (Å²) in [4.78, 5) is 5.41. The molecule has 0 saturated heterocycles. The normalized spacial score (nSPS) is 15.9. The van der Waals surface area contributed by atoms with Crippen molar-refractivity contribution in [3.63, 3.8) is 0 Å². The van der Waals surface area contributed by atoms with E-state index in [0.29, 0.717) is 23.4 Å². The molecule has 1 saturated carbocycles. The van der Waals surface area contributed by atoms with E-state index >= 15 is 0 Å². The number of halogens is 3. The van der Waals surface area contributed by atoms with Crippen molar-refractivity contribution in [2.24, 2.45) is 10.9 Å². The molecule has 0 spiro atoms. The molecule has 1 aliphatic rings. The fourth-order valence-electron chi connectivity index (χ4n) is 4.34. The maximum Gasteiger partial charge on any atom is 0.416 e. The molecule has 0 atom stereocenters. The Bertz CT molecular complexity index is 915. The van der Waals surface area contributed by atoms with E-state index in [9.17, 15) is 13.2 Å². The van der Waals surface area contributed by atoms with Crippen molar-refractivity contribution in [1.82, 2.24) is 0 Å². The molecule has 2 aromatic carbocycles. The molecule has 0 heterocycles. The SMILES string of the molecule is CCc1cc(C(C)=NOCc2ccc(C3CCCCC3)c(C(F)(F)F)c2)ccc1CN. The van der Waals surface area contributed by atoms with Gasteiger partial charge in [0.1, 0.15) is 6.61 Å². The molecule has 0 aromatic heterocycles. The molecule has 0 amide bonds. The van der Waals surface area contributed by atoms with Crippen molar-refractivity contribution in [3.05, 3.63) is 69.8 Å². The van der Waals surface area contributed by atoms with Gasteiger partial charge in [0.15, 0.2) is 0 Å². The maximum atomic E-state index is 13.7. The van der Waals surface area contributed by atoms with Crippen LogP contribution in [0.25, 0.3) is 0 Å². The minimum absolute atomic E-state index is 0.00706. The molecular weight excluding hydrogens is 401 g/mol. The number of hydrogen-bond donors (Lipinski definition) is 1. The lowest BCUT2D eigenvalue weighted by molar-refractivity contribution is -0.138. The van der Waals surface area contributed by atoms with E-state index in [-0.39, 0.29) is 12.5 Å². The highest BCUT2D eigenvalue weighted by molar-refractivity contribution is 5.98. The van der Waals surface area contributed by atoms with E-state index in [0.717, 1.165) is 55.2 Å². The van der Waals surface area contributed by atoms with Crippen molar-refractivity contribution in [3.8, 4) is 0 Å². The predicted molar refractivity (Wildman–Crippen MR) is 118 cm³/mol. The molecule has 6 heteroatoms. The monoisotopic (exact) mass is 432 g/mol. The third-order valence-electron chi connectivity index (χ3n) is 6.13. The van der Waals surface area contributed by atoms with Crippen LogP contribution in [0.1, 0.15) is 85.3 Å². The first kappa shape index (κ1) is 23.3. The average Bonchev–Trinajstić information content (AvgIpc) is 2.78. The van der Waals surface area contributed by atoms with Crippen LogP contribution in [-0.2, 0) is 30.6 Å². The fourth-order valence-corrected chi connectivity index (χ4v) is 4.34. The average molecular weight is 433 g/mol. The molecule has 0 radical (unpaired) electrons. The molecule has 1 aliphatic carbocycles. The van der Waals surface area contributed by atoms with Crippen LogP contribution < -0.4 is 5.73 Å². The molecule has 1 fully saturated rings. The van der Waals surface area contributed by atoms with E-state index in [1.165, 1.54) is 6.07 Å². The second-order valence-corrected chi connectivity index (χ2v) is 8.25.